The van der Waals surface area contributed by atoms with Gasteiger partial charge in [0.15, 0.2) is 0 Å². The molecule has 0 aromatic carbocycles. The summed E-state index contributed by atoms with van der Waals surface area (Å²) in [5.41, 5.74) is -1.85. The van der Waals surface area contributed by atoms with E-state index in [-0.39, 0.29) is 19.4 Å². The van der Waals surface area contributed by atoms with E-state index >= 15 is 0 Å². The lowest BCUT2D eigenvalue weighted by Crippen LogP contribution is -2.48. The van der Waals surface area contributed by atoms with Gasteiger partial charge in [0.2, 0.25) is 0 Å². The zero-order valence-corrected chi connectivity index (χ0v) is 22.9. The SMILES string of the molecule is CC(C)(C)OC(=O)N[C@@H](C[C@H](Cc1ccc(OCCF)cn1)C(=O)OC(C)(C)C)C(=O)OC(C)(C)C. The van der Waals surface area contributed by atoms with Crippen LogP contribution in [0.15, 0.2) is 18.3 Å². The molecule has 1 aromatic heterocycles. The summed E-state index contributed by atoms with van der Waals surface area (Å²) in [7, 11) is 0. The lowest BCUT2D eigenvalue weighted by Gasteiger charge is -2.29. The number of carbonyl (C=O) groups is 3. The lowest BCUT2D eigenvalue weighted by atomic mass is 9.94. The third kappa shape index (κ3) is 13.3. The fourth-order valence-electron chi connectivity index (χ4n) is 3.00. The topological polar surface area (TPSA) is 113 Å². The number of hydrogen-bond donors (Lipinski definition) is 1. The molecule has 0 aliphatic carbocycles. The molecule has 1 amide bonds. The Labute approximate surface area is 213 Å². The van der Waals surface area contributed by atoms with Crippen LogP contribution in [0.5, 0.6) is 5.75 Å². The highest BCUT2D eigenvalue weighted by Gasteiger charge is 2.35. The van der Waals surface area contributed by atoms with E-state index in [1.807, 2.05) is 0 Å². The molecule has 10 heteroatoms. The largest absolute Gasteiger partial charge is 0.489 e. The first-order chi connectivity index (χ1) is 16.4. The molecule has 1 rings (SSSR count). The molecule has 1 aromatic rings. The molecule has 0 unspecified atom stereocenters. The summed E-state index contributed by atoms with van der Waals surface area (Å²) in [4.78, 5) is 42.9. The second kappa shape index (κ2) is 12.9. The Balaban J connectivity index is 3.21. The Kier molecular flexibility index (Phi) is 11.1. The second-order valence-corrected chi connectivity index (χ2v) is 11.4. The highest BCUT2D eigenvalue weighted by Crippen LogP contribution is 2.22. The molecule has 0 aliphatic rings. The summed E-state index contributed by atoms with van der Waals surface area (Å²) in [5, 5.41) is 2.54. The van der Waals surface area contributed by atoms with E-state index in [1.165, 1.54) is 6.20 Å². The van der Waals surface area contributed by atoms with Gasteiger partial charge in [0.25, 0.3) is 0 Å². The van der Waals surface area contributed by atoms with E-state index in [0.29, 0.717) is 11.4 Å². The lowest BCUT2D eigenvalue weighted by molar-refractivity contribution is -0.162. The van der Waals surface area contributed by atoms with E-state index in [0.717, 1.165) is 0 Å². The molecule has 2 atom stereocenters. The van der Waals surface area contributed by atoms with Crippen LogP contribution in [0, 0.1) is 5.92 Å². The number of hydrogen-bond acceptors (Lipinski definition) is 8. The van der Waals surface area contributed by atoms with Crippen LogP contribution in [0.3, 0.4) is 0 Å². The number of rotatable bonds is 10. The molecule has 0 radical (unpaired) electrons. The second-order valence-electron chi connectivity index (χ2n) is 11.4. The maximum absolute atomic E-state index is 13.1. The van der Waals surface area contributed by atoms with Crippen molar-refractivity contribution in [1.82, 2.24) is 10.3 Å². The number of nitrogens with zero attached hydrogens (tertiary/aromatic N) is 1. The molecule has 9 nitrogen and oxygen atoms in total. The number of aromatic nitrogens is 1. The normalized spacial score (nSPS) is 13.8. The summed E-state index contributed by atoms with van der Waals surface area (Å²) >= 11 is 0. The molecule has 0 saturated carbocycles. The van der Waals surface area contributed by atoms with Crippen molar-refractivity contribution in [2.24, 2.45) is 5.92 Å². The number of ether oxygens (including phenoxy) is 4. The van der Waals surface area contributed by atoms with Crippen molar-refractivity contribution in [3.05, 3.63) is 24.0 Å². The Morgan fingerprint density at radius 3 is 1.92 bits per heavy atom. The maximum atomic E-state index is 13.1. The molecule has 0 saturated heterocycles. The van der Waals surface area contributed by atoms with Crippen LogP contribution in [-0.4, -0.2) is 59.1 Å². The molecule has 0 spiro atoms. The van der Waals surface area contributed by atoms with Gasteiger partial charge in [-0.25, -0.2) is 14.0 Å². The van der Waals surface area contributed by atoms with Gasteiger partial charge < -0.3 is 24.3 Å². The first-order valence-corrected chi connectivity index (χ1v) is 12.0. The van der Waals surface area contributed by atoms with Gasteiger partial charge in [0.05, 0.1) is 12.1 Å². The van der Waals surface area contributed by atoms with Crippen LogP contribution in [0.4, 0.5) is 9.18 Å². The summed E-state index contributed by atoms with van der Waals surface area (Å²) in [6.07, 6.45) is 0.633. The molecule has 36 heavy (non-hydrogen) atoms. The number of amides is 1. The summed E-state index contributed by atoms with van der Waals surface area (Å²) in [6, 6.07) is 2.09. The first kappa shape index (κ1) is 31.1. The van der Waals surface area contributed by atoms with Gasteiger partial charge in [-0.3, -0.25) is 9.78 Å². The van der Waals surface area contributed by atoms with Crippen molar-refractivity contribution in [2.75, 3.05) is 13.3 Å². The Bertz CT molecular complexity index is 868. The maximum Gasteiger partial charge on any atom is 0.408 e. The van der Waals surface area contributed by atoms with Gasteiger partial charge >= 0.3 is 18.0 Å². The number of halogens is 1. The van der Waals surface area contributed by atoms with Crippen molar-refractivity contribution in [1.29, 1.82) is 0 Å². The van der Waals surface area contributed by atoms with E-state index in [1.54, 1.807) is 74.4 Å². The minimum Gasteiger partial charge on any atom is -0.489 e. The molecule has 204 valence electrons. The van der Waals surface area contributed by atoms with Gasteiger partial charge in [-0.2, -0.15) is 0 Å². The van der Waals surface area contributed by atoms with Gasteiger partial charge in [0, 0.05) is 12.1 Å². The van der Waals surface area contributed by atoms with Crippen LogP contribution in [0.2, 0.25) is 0 Å². The Morgan fingerprint density at radius 1 is 0.889 bits per heavy atom. The minimum absolute atomic E-state index is 0.0878. The zero-order valence-electron chi connectivity index (χ0n) is 22.9. The van der Waals surface area contributed by atoms with Gasteiger partial charge in [-0.1, -0.05) is 0 Å². The summed E-state index contributed by atoms with van der Waals surface area (Å²) < 4.78 is 33.9. The number of alkyl halides is 1. The van der Waals surface area contributed by atoms with Crippen LogP contribution in [0.1, 0.15) is 74.4 Å². The third-order valence-electron chi connectivity index (χ3n) is 4.24. The predicted molar refractivity (Wildman–Crippen MR) is 132 cm³/mol. The molecular formula is C26H41FN2O7. The number of alkyl carbamates (subject to hydrolysis) is 1. The van der Waals surface area contributed by atoms with Crippen molar-refractivity contribution in [3.8, 4) is 5.75 Å². The van der Waals surface area contributed by atoms with Crippen LogP contribution < -0.4 is 10.1 Å². The van der Waals surface area contributed by atoms with Crippen molar-refractivity contribution in [3.63, 3.8) is 0 Å². The third-order valence-corrected chi connectivity index (χ3v) is 4.24. The quantitative estimate of drug-likeness (QED) is 0.359. The summed E-state index contributed by atoms with van der Waals surface area (Å²) in [5.74, 6) is -1.71. The fourth-order valence-corrected chi connectivity index (χ4v) is 3.00. The molecule has 1 heterocycles. The van der Waals surface area contributed by atoms with Crippen LogP contribution >= 0.6 is 0 Å². The van der Waals surface area contributed by atoms with Crippen LogP contribution in [0.25, 0.3) is 0 Å². The van der Waals surface area contributed by atoms with Gasteiger partial charge in [0.1, 0.15) is 41.9 Å². The molecular weight excluding hydrogens is 471 g/mol. The van der Waals surface area contributed by atoms with Crippen LogP contribution in [-0.2, 0) is 30.2 Å². The van der Waals surface area contributed by atoms with Crippen molar-refractivity contribution in [2.45, 2.75) is 98.0 Å². The van der Waals surface area contributed by atoms with E-state index in [9.17, 15) is 18.8 Å². The van der Waals surface area contributed by atoms with Crippen molar-refractivity contribution < 1.29 is 37.7 Å². The molecule has 0 aliphatic heterocycles. The van der Waals surface area contributed by atoms with Gasteiger partial charge in [-0.05, 0) is 80.9 Å². The van der Waals surface area contributed by atoms with E-state index < -0.39 is 53.5 Å². The van der Waals surface area contributed by atoms with Crippen molar-refractivity contribution >= 4 is 18.0 Å². The first-order valence-electron chi connectivity index (χ1n) is 12.0. The average molecular weight is 513 g/mol. The molecule has 0 bridgehead atoms. The highest BCUT2D eigenvalue weighted by molar-refractivity contribution is 5.83. The zero-order chi connectivity index (χ0) is 27.7. The average Bonchev–Trinajstić information content (AvgIpc) is 2.68. The Morgan fingerprint density at radius 2 is 1.44 bits per heavy atom. The summed E-state index contributed by atoms with van der Waals surface area (Å²) in [6.45, 7) is 14.7. The number of nitrogens with one attached hydrogen (secondary N) is 1. The predicted octanol–water partition coefficient (Wildman–Crippen LogP) is 4.56. The highest BCUT2D eigenvalue weighted by atomic mass is 19.1. The molecule has 1 N–H and O–H groups in total. The van der Waals surface area contributed by atoms with E-state index in [2.05, 4.69) is 10.3 Å². The standard InChI is InChI=1S/C26H41FN2O7/c1-24(2,3)34-21(30)17(14-18-10-11-19(16-28-18)33-13-12-27)15-20(22(31)35-25(4,5)6)29-23(32)36-26(7,8)9/h10-11,16-17,20H,12-15H2,1-9H3,(H,29,32)/t17-,20-/m0/s1. The molecule has 0 fully saturated rings. The van der Waals surface area contributed by atoms with Gasteiger partial charge in [-0.15, -0.1) is 0 Å². The van der Waals surface area contributed by atoms with E-state index in [4.69, 9.17) is 18.9 Å². The monoisotopic (exact) mass is 512 g/mol. The smallest absolute Gasteiger partial charge is 0.408 e. The number of pyridine rings is 1. The minimum atomic E-state index is -1.18. The fraction of sp³-hybridized carbons (Fsp3) is 0.692. The Hall–Kier alpha value is -2.91. The number of esters is 2. The number of carbonyl (C=O) groups excluding carboxylic acids is 3.